The van der Waals surface area contributed by atoms with Gasteiger partial charge in [-0.25, -0.2) is 4.98 Å². The average Bonchev–Trinajstić information content (AvgIpc) is 2.35. The highest BCUT2D eigenvalue weighted by Gasteiger charge is 2.00. The zero-order valence-electron chi connectivity index (χ0n) is 7.53. The molecular weight excluding hydrogens is 170 g/mol. The topological polar surface area (TPSA) is 33.1 Å². The van der Waals surface area contributed by atoms with E-state index in [2.05, 4.69) is 4.98 Å². The Morgan fingerprint density at radius 1 is 1.75 bits per heavy atom. The van der Waals surface area contributed by atoms with Crippen LogP contribution in [0.4, 0.5) is 0 Å². The van der Waals surface area contributed by atoms with Gasteiger partial charge in [-0.3, -0.25) is 0 Å². The van der Waals surface area contributed by atoms with Crippen molar-refractivity contribution < 1.29 is 5.11 Å². The molecule has 1 aromatic rings. The lowest BCUT2D eigenvalue weighted by Gasteiger charge is -2.01. The molecule has 0 saturated heterocycles. The summed E-state index contributed by atoms with van der Waals surface area (Å²) in [5, 5.41) is 12.2. The van der Waals surface area contributed by atoms with Crippen molar-refractivity contribution in [1.29, 1.82) is 0 Å². The van der Waals surface area contributed by atoms with Gasteiger partial charge >= 0.3 is 0 Å². The maximum absolute atomic E-state index is 9.20. The molecule has 0 aliphatic heterocycles. The molecule has 1 N–H and O–H groups in total. The molecule has 1 aromatic heterocycles. The second-order valence-corrected chi connectivity index (χ2v) is 3.78. The number of hydrogen-bond donors (Lipinski definition) is 1. The Morgan fingerprint density at radius 2 is 2.42 bits per heavy atom. The Hall–Kier alpha value is -0.670. The van der Waals surface area contributed by atoms with Crippen molar-refractivity contribution in [1.82, 2.24) is 4.98 Å². The van der Waals surface area contributed by atoms with Crippen molar-refractivity contribution in [3.8, 4) is 0 Å². The van der Waals surface area contributed by atoms with Crippen LogP contribution in [-0.2, 0) is 0 Å². The number of aliphatic hydroxyl groups is 1. The van der Waals surface area contributed by atoms with Gasteiger partial charge in [-0.2, -0.15) is 0 Å². The van der Waals surface area contributed by atoms with Crippen molar-refractivity contribution in [3.63, 3.8) is 0 Å². The Bertz CT molecular complexity index is 288. The minimum atomic E-state index is -0.380. The first-order valence-corrected chi connectivity index (χ1v) is 4.76. The second kappa shape index (κ2) is 3.83. The molecule has 1 rings (SSSR count). The van der Waals surface area contributed by atoms with E-state index in [1.165, 1.54) is 0 Å². The van der Waals surface area contributed by atoms with Crippen molar-refractivity contribution >= 4 is 17.4 Å². The monoisotopic (exact) mass is 183 g/mol. The number of nitrogens with zero attached hydrogens (tertiary/aromatic N) is 1. The molecule has 0 bridgehead atoms. The zero-order chi connectivity index (χ0) is 9.14. The van der Waals surface area contributed by atoms with E-state index in [1.807, 2.05) is 25.3 Å². The first kappa shape index (κ1) is 9.42. The predicted octanol–water partition coefficient (Wildman–Crippen LogP) is 2.24. The standard InChI is InChI=1S/C9H13NOS/c1-6(8(3)11)4-9-10-7(2)5-12-9/h4-5,8,11H,1-3H3. The molecule has 1 unspecified atom stereocenters. The van der Waals surface area contributed by atoms with E-state index in [9.17, 15) is 5.11 Å². The maximum atomic E-state index is 9.20. The molecule has 1 heterocycles. The molecule has 0 amide bonds. The van der Waals surface area contributed by atoms with Gasteiger partial charge in [0.25, 0.3) is 0 Å². The third kappa shape index (κ3) is 2.43. The molecule has 0 aromatic carbocycles. The third-order valence-electron chi connectivity index (χ3n) is 1.65. The fourth-order valence-electron chi connectivity index (χ4n) is 0.754. The molecule has 12 heavy (non-hydrogen) atoms. The summed E-state index contributed by atoms with van der Waals surface area (Å²) in [5.41, 5.74) is 1.98. The quantitative estimate of drug-likeness (QED) is 0.762. The molecular formula is C9H13NOS. The molecule has 0 saturated carbocycles. The van der Waals surface area contributed by atoms with Gasteiger partial charge in [-0.15, -0.1) is 11.3 Å². The number of aryl methyl sites for hydroxylation is 1. The fraction of sp³-hybridized carbons (Fsp3) is 0.444. The summed E-state index contributed by atoms with van der Waals surface area (Å²) in [6.07, 6.45) is 1.54. The summed E-state index contributed by atoms with van der Waals surface area (Å²) >= 11 is 1.60. The first-order chi connectivity index (χ1) is 5.59. The fourth-order valence-corrected chi connectivity index (χ4v) is 1.55. The number of hydrogen-bond acceptors (Lipinski definition) is 3. The van der Waals surface area contributed by atoms with Gasteiger partial charge in [0.1, 0.15) is 5.01 Å². The minimum absolute atomic E-state index is 0.380. The maximum Gasteiger partial charge on any atom is 0.116 e. The minimum Gasteiger partial charge on any atom is -0.389 e. The summed E-state index contributed by atoms with van der Waals surface area (Å²) in [5.74, 6) is 0. The van der Waals surface area contributed by atoms with E-state index >= 15 is 0 Å². The Balaban J connectivity index is 2.80. The summed E-state index contributed by atoms with van der Waals surface area (Å²) in [7, 11) is 0. The smallest absolute Gasteiger partial charge is 0.116 e. The zero-order valence-corrected chi connectivity index (χ0v) is 8.35. The molecule has 66 valence electrons. The van der Waals surface area contributed by atoms with Gasteiger partial charge in [0.2, 0.25) is 0 Å². The number of aromatic nitrogens is 1. The van der Waals surface area contributed by atoms with Crippen LogP contribution in [0.3, 0.4) is 0 Å². The van der Waals surface area contributed by atoms with Crippen LogP contribution < -0.4 is 0 Å². The molecule has 0 radical (unpaired) electrons. The van der Waals surface area contributed by atoms with Crippen molar-refractivity contribution in [2.75, 3.05) is 0 Å². The van der Waals surface area contributed by atoms with E-state index in [0.29, 0.717) is 0 Å². The van der Waals surface area contributed by atoms with E-state index in [-0.39, 0.29) is 6.10 Å². The van der Waals surface area contributed by atoms with Crippen LogP contribution in [0.25, 0.3) is 6.08 Å². The number of thiazole rings is 1. The van der Waals surface area contributed by atoms with Gasteiger partial charge in [-0.05, 0) is 32.4 Å². The normalized spacial score (nSPS) is 14.8. The lowest BCUT2D eigenvalue weighted by molar-refractivity contribution is 0.232. The van der Waals surface area contributed by atoms with E-state index in [4.69, 9.17) is 0 Å². The van der Waals surface area contributed by atoms with Crippen LogP contribution in [0.2, 0.25) is 0 Å². The largest absolute Gasteiger partial charge is 0.389 e. The number of rotatable bonds is 2. The predicted molar refractivity (Wildman–Crippen MR) is 52.2 cm³/mol. The van der Waals surface area contributed by atoms with Gasteiger partial charge in [-0.1, -0.05) is 0 Å². The highest BCUT2D eigenvalue weighted by atomic mass is 32.1. The molecule has 0 aliphatic carbocycles. The molecule has 0 fully saturated rings. The van der Waals surface area contributed by atoms with Crippen LogP contribution in [0.1, 0.15) is 24.5 Å². The lowest BCUT2D eigenvalue weighted by Crippen LogP contribution is -2.00. The van der Waals surface area contributed by atoms with Crippen molar-refractivity contribution in [2.45, 2.75) is 26.9 Å². The summed E-state index contributed by atoms with van der Waals surface area (Å²) in [6.45, 7) is 5.62. The van der Waals surface area contributed by atoms with Crippen molar-refractivity contribution in [2.24, 2.45) is 0 Å². The molecule has 0 spiro atoms. The van der Waals surface area contributed by atoms with Crippen LogP contribution in [-0.4, -0.2) is 16.2 Å². The van der Waals surface area contributed by atoms with Gasteiger partial charge in [0.15, 0.2) is 0 Å². The van der Waals surface area contributed by atoms with Gasteiger partial charge < -0.3 is 5.11 Å². The molecule has 3 heteroatoms. The third-order valence-corrected chi connectivity index (χ3v) is 2.56. The van der Waals surface area contributed by atoms with Crippen LogP contribution in [0.15, 0.2) is 11.0 Å². The first-order valence-electron chi connectivity index (χ1n) is 3.88. The van der Waals surface area contributed by atoms with Gasteiger partial charge in [0, 0.05) is 11.1 Å². The van der Waals surface area contributed by atoms with E-state index < -0.39 is 0 Å². The molecule has 2 nitrogen and oxygen atoms in total. The Kier molecular flexibility index (Phi) is 3.00. The summed E-state index contributed by atoms with van der Waals surface area (Å²) in [4.78, 5) is 4.26. The average molecular weight is 183 g/mol. The second-order valence-electron chi connectivity index (χ2n) is 2.89. The SMILES string of the molecule is CC(=Cc1nc(C)cs1)C(C)O. The van der Waals surface area contributed by atoms with Crippen molar-refractivity contribution in [3.05, 3.63) is 21.7 Å². The Morgan fingerprint density at radius 3 is 2.83 bits per heavy atom. The number of aliphatic hydroxyl groups excluding tert-OH is 1. The Labute approximate surface area is 76.6 Å². The van der Waals surface area contributed by atoms with E-state index in [0.717, 1.165) is 16.3 Å². The molecule has 1 atom stereocenters. The summed E-state index contributed by atoms with van der Waals surface area (Å²) in [6, 6.07) is 0. The van der Waals surface area contributed by atoms with E-state index in [1.54, 1.807) is 18.3 Å². The highest BCUT2D eigenvalue weighted by Crippen LogP contribution is 2.14. The van der Waals surface area contributed by atoms with Gasteiger partial charge in [0.05, 0.1) is 6.10 Å². The van der Waals surface area contributed by atoms with Crippen LogP contribution in [0, 0.1) is 6.92 Å². The molecule has 0 aliphatic rings. The van der Waals surface area contributed by atoms with Crippen LogP contribution in [0.5, 0.6) is 0 Å². The van der Waals surface area contributed by atoms with Crippen LogP contribution >= 0.6 is 11.3 Å². The summed E-state index contributed by atoms with van der Waals surface area (Å²) < 4.78 is 0. The highest BCUT2D eigenvalue weighted by molar-refractivity contribution is 7.10. The lowest BCUT2D eigenvalue weighted by atomic mass is 10.2.